The van der Waals surface area contributed by atoms with Crippen molar-refractivity contribution in [2.75, 3.05) is 13.1 Å². The molecule has 8 heteroatoms. The van der Waals surface area contributed by atoms with Crippen LogP contribution in [-0.2, 0) is 6.54 Å². The van der Waals surface area contributed by atoms with Gasteiger partial charge in [0.25, 0.3) is 0 Å². The van der Waals surface area contributed by atoms with Crippen LogP contribution in [0.1, 0.15) is 35.2 Å². The van der Waals surface area contributed by atoms with Crippen molar-refractivity contribution in [3.8, 4) is 11.4 Å². The minimum atomic E-state index is -0.210. The molecule has 7 nitrogen and oxygen atoms in total. The lowest BCUT2D eigenvalue weighted by Gasteiger charge is -2.17. The van der Waals surface area contributed by atoms with Crippen molar-refractivity contribution in [3.63, 3.8) is 0 Å². The standard InChI is InChI=1S/C21H21FN6O/c1-12-18(16-7-15(22)3-4-19(16)25-12)10-28-6-5-14(9-28)20-17(8-23-11-24-20)21-26-13(2)29-27-21/h3-4,7-8,11,14,25H,5-6,9-10H2,1-2H3/t14-/m1/s1. The highest BCUT2D eigenvalue weighted by molar-refractivity contribution is 5.84. The quantitative estimate of drug-likeness (QED) is 0.569. The van der Waals surface area contributed by atoms with Gasteiger partial charge in [0.1, 0.15) is 12.1 Å². The van der Waals surface area contributed by atoms with E-state index in [0.29, 0.717) is 11.7 Å². The van der Waals surface area contributed by atoms with Crippen LogP contribution in [0.2, 0.25) is 0 Å². The normalized spacial score (nSPS) is 17.4. The summed E-state index contributed by atoms with van der Waals surface area (Å²) in [5.41, 5.74) is 4.97. The van der Waals surface area contributed by atoms with Crippen molar-refractivity contribution in [2.24, 2.45) is 0 Å². The number of likely N-dealkylation sites (tertiary alicyclic amines) is 1. The number of aromatic amines is 1. The number of nitrogens with one attached hydrogen (secondary N) is 1. The maximum absolute atomic E-state index is 13.8. The van der Waals surface area contributed by atoms with Crippen molar-refractivity contribution in [1.29, 1.82) is 0 Å². The molecule has 4 heterocycles. The number of halogens is 1. The van der Waals surface area contributed by atoms with Gasteiger partial charge in [-0.1, -0.05) is 5.16 Å². The van der Waals surface area contributed by atoms with Gasteiger partial charge in [-0.25, -0.2) is 14.4 Å². The Bertz CT molecular complexity index is 1180. The molecule has 0 saturated carbocycles. The van der Waals surface area contributed by atoms with Crippen LogP contribution in [0.5, 0.6) is 0 Å². The fourth-order valence-electron chi connectivity index (χ4n) is 4.23. The number of nitrogens with zero attached hydrogens (tertiary/aromatic N) is 5. The molecule has 1 aliphatic rings. The molecule has 1 fully saturated rings. The van der Waals surface area contributed by atoms with Gasteiger partial charge in [-0.05, 0) is 43.7 Å². The molecule has 3 aromatic heterocycles. The summed E-state index contributed by atoms with van der Waals surface area (Å²) < 4.78 is 18.9. The molecule has 0 aliphatic carbocycles. The molecule has 1 saturated heterocycles. The zero-order valence-electron chi connectivity index (χ0n) is 16.3. The van der Waals surface area contributed by atoms with Crippen LogP contribution in [0, 0.1) is 19.7 Å². The first-order valence-corrected chi connectivity index (χ1v) is 9.68. The summed E-state index contributed by atoms with van der Waals surface area (Å²) in [5, 5.41) is 4.99. The van der Waals surface area contributed by atoms with E-state index in [1.165, 1.54) is 6.07 Å². The van der Waals surface area contributed by atoms with E-state index >= 15 is 0 Å². The van der Waals surface area contributed by atoms with E-state index in [1.54, 1.807) is 31.6 Å². The second kappa shape index (κ2) is 7.04. The van der Waals surface area contributed by atoms with Gasteiger partial charge in [0.2, 0.25) is 11.7 Å². The van der Waals surface area contributed by atoms with Gasteiger partial charge in [-0.3, -0.25) is 4.90 Å². The molecule has 0 radical (unpaired) electrons. The van der Waals surface area contributed by atoms with Crippen molar-refractivity contribution in [1.82, 2.24) is 30.0 Å². The second-order valence-electron chi connectivity index (χ2n) is 7.60. The fraction of sp³-hybridized carbons (Fsp3) is 0.333. The Morgan fingerprint density at radius 1 is 1.31 bits per heavy atom. The van der Waals surface area contributed by atoms with E-state index in [2.05, 4.69) is 30.0 Å². The zero-order chi connectivity index (χ0) is 20.0. The third-order valence-corrected chi connectivity index (χ3v) is 5.63. The minimum Gasteiger partial charge on any atom is -0.358 e. The first kappa shape index (κ1) is 17.9. The molecule has 1 atom stereocenters. The van der Waals surface area contributed by atoms with Gasteiger partial charge in [0.05, 0.1) is 11.3 Å². The lowest BCUT2D eigenvalue weighted by atomic mass is 10.00. The topological polar surface area (TPSA) is 83.7 Å². The van der Waals surface area contributed by atoms with Crippen LogP contribution in [0.3, 0.4) is 0 Å². The van der Waals surface area contributed by atoms with Crippen LogP contribution < -0.4 is 0 Å². The molecule has 1 aliphatic heterocycles. The number of hydrogen-bond donors (Lipinski definition) is 1. The number of hydrogen-bond acceptors (Lipinski definition) is 6. The van der Waals surface area contributed by atoms with Crippen molar-refractivity contribution >= 4 is 10.9 Å². The summed E-state index contributed by atoms with van der Waals surface area (Å²) in [7, 11) is 0. The van der Waals surface area contributed by atoms with E-state index in [9.17, 15) is 4.39 Å². The van der Waals surface area contributed by atoms with Crippen LogP contribution in [0.25, 0.3) is 22.3 Å². The predicted molar refractivity (Wildman–Crippen MR) is 106 cm³/mol. The summed E-state index contributed by atoms with van der Waals surface area (Å²) in [6.07, 6.45) is 4.31. The maximum Gasteiger partial charge on any atom is 0.223 e. The van der Waals surface area contributed by atoms with Gasteiger partial charge in [0.15, 0.2) is 0 Å². The second-order valence-corrected chi connectivity index (χ2v) is 7.60. The maximum atomic E-state index is 13.8. The number of rotatable bonds is 4. The Hall–Kier alpha value is -3.13. The van der Waals surface area contributed by atoms with E-state index in [-0.39, 0.29) is 11.7 Å². The van der Waals surface area contributed by atoms with E-state index in [4.69, 9.17) is 4.52 Å². The minimum absolute atomic E-state index is 0.210. The highest BCUT2D eigenvalue weighted by Crippen LogP contribution is 2.33. The van der Waals surface area contributed by atoms with Gasteiger partial charge in [0, 0.05) is 48.7 Å². The zero-order valence-corrected chi connectivity index (χ0v) is 16.3. The lowest BCUT2D eigenvalue weighted by molar-refractivity contribution is 0.327. The van der Waals surface area contributed by atoms with Gasteiger partial charge in [-0.15, -0.1) is 0 Å². The van der Waals surface area contributed by atoms with Gasteiger partial charge in [-0.2, -0.15) is 4.98 Å². The number of fused-ring (bicyclic) bond motifs is 1. The predicted octanol–water partition coefficient (Wildman–Crippen LogP) is 3.75. The molecule has 4 aromatic rings. The van der Waals surface area contributed by atoms with Crippen molar-refractivity contribution in [3.05, 3.63) is 59.4 Å². The van der Waals surface area contributed by atoms with E-state index in [1.807, 2.05) is 6.92 Å². The highest BCUT2D eigenvalue weighted by Gasteiger charge is 2.29. The monoisotopic (exact) mass is 392 g/mol. The van der Waals surface area contributed by atoms with Crippen LogP contribution in [0.15, 0.2) is 35.2 Å². The summed E-state index contributed by atoms with van der Waals surface area (Å²) >= 11 is 0. The molecule has 0 spiro atoms. The van der Waals surface area contributed by atoms with Crippen LogP contribution in [-0.4, -0.2) is 43.1 Å². The molecule has 1 N–H and O–H groups in total. The van der Waals surface area contributed by atoms with Gasteiger partial charge < -0.3 is 9.51 Å². The summed E-state index contributed by atoms with van der Waals surface area (Å²) in [6.45, 7) is 6.39. The summed E-state index contributed by atoms with van der Waals surface area (Å²) in [6, 6.07) is 4.90. The lowest BCUT2D eigenvalue weighted by Crippen LogP contribution is -2.20. The Balaban J connectivity index is 1.39. The number of aryl methyl sites for hydroxylation is 2. The number of H-pyrrole nitrogens is 1. The Morgan fingerprint density at radius 3 is 3.03 bits per heavy atom. The van der Waals surface area contributed by atoms with Crippen molar-refractivity contribution in [2.45, 2.75) is 32.7 Å². The molecule has 0 bridgehead atoms. The molecular formula is C21H21FN6O. The molecule has 29 heavy (non-hydrogen) atoms. The Labute approximate surface area is 167 Å². The van der Waals surface area contributed by atoms with Crippen LogP contribution >= 0.6 is 0 Å². The third kappa shape index (κ3) is 3.29. The van der Waals surface area contributed by atoms with Gasteiger partial charge >= 0.3 is 0 Å². The first-order chi connectivity index (χ1) is 14.1. The van der Waals surface area contributed by atoms with E-state index < -0.39 is 0 Å². The Morgan fingerprint density at radius 2 is 2.21 bits per heavy atom. The average Bonchev–Trinajstić information content (AvgIpc) is 3.43. The molecule has 0 unspecified atom stereocenters. The highest BCUT2D eigenvalue weighted by atomic mass is 19.1. The third-order valence-electron chi connectivity index (χ3n) is 5.63. The molecule has 0 amide bonds. The first-order valence-electron chi connectivity index (χ1n) is 9.68. The smallest absolute Gasteiger partial charge is 0.223 e. The number of benzene rings is 1. The van der Waals surface area contributed by atoms with Crippen molar-refractivity contribution < 1.29 is 8.91 Å². The summed E-state index contributed by atoms with van der Waals surface area (Å²) in [5.74, 6) is 1.09. The molecular weight excluding hydrogens is 371 g/mol. The average molecular weight is 392 g/mol. The summed E-state index contributed by atoms with van der Waals surface area (Å²) in [4.78, 5) is 18.8. The molecule has 148 valence electrons. The largest absolute Gasteiger partial charge is 0.358 e. The SMILES string of the molecule is Cc1nc(-c2cncnc2[C@@H]2CCN(Cc3c(C)[nH]c4ccc(F)cc34)C2)no1. The molecule has 5 rings (SSSR count). The number of aromatic nitrogens is 5. The molecule has 1 aromatic carbocycles. The fourth-order valence-corrected chi connectivity index (χ4v) is 4.23. The van der Waals surface area contributed by atoms with E-state index in [0.717, 1.165) is 59.5 Å². The van der Waals surface area contributed by atoms with Crippen LogP contribution in [0.4, 0.5) is 4.39 Å². The Kier molecular flexibility index (Phi) is 4.35.